The lowest BCUT2D eigenvalue weighted by Crippen LogP contribution is -2.58. The highest BCUT2D eigenvalue weighted by Gasteiger charge is 2.39. The van der Waals surface area contributed by atoms with Crippen molar-refractivity contribution in [2.75, 3.05) is 26.2 Å². The zero-order chi connectivity index (χ0) is 14.0. The van der Waals surface area contributed by atoms with E-state index >= 15 is 0 Å². The average molecular weight is 280 g/mol. The Bertz CT molecular complexity index is 327. The Hall–Kier alpha value is -0.820. The van der Waals surface area contributed by atoms with Gasteiger partial charge < -0.3 is 4.74 Å². The number of halogens is 3. The van der Waals surface area contributed by atoms with Crippen molar-refractivity contribution in [3.8, 4) is 0 Å². The van der Waals surface area contributed by atoms with Gasteiger partial charge in [-0.05, 0) is 25.9 Å². The summed E-state index contributed by atoms with van der Waals surface area (Å²) >= 11 is 0. The summed E-state index contributed by atoms with van der Waals surface area (Å²) in [6, 6.07) is 0.239. The maximum atomic E-state index is 12.3. The number of likely N-dealkylation sites (tertiary alicyclic amines) is 2. The third-order valence-corrected chi connectivity index (χ3v) is 3.74. The molecule has 2 saturated heterocycles. The molecule has 0 aliphatic carbocycles. The van der Waals surface area contributed by atoms with Gasteiger partial charge in [0, 0.05) is 25.9 Å². The highest BCUT2D eigenvalue weighted by atomic mass is 19.4. The van der Waals surface area contributed by atoms with E-state index in [0.29, 0.717) is 25.9 Å². The summed E-state index contributed by atoms with van der Waals surface area (Å²) in [6.07, 6.45) is -2.06. The lowest BCUT2D eigenvalue weighted by atomic mass is 9.98. The second-order valence-corrected chi connectivity index (χ2v) is 5.21. The molecule has 4 nitrogen and oxygen atoms in total. The van der Waals surface area contributed by atoms with Gasteiger partial charge in [-0.2, -0.15) is 13.2 Å². The lowest BCUT2D eigenvalue weighted by Gasteiger charge is -2.47. The van der Waals surface area contributed by atoms with Gasteiger partial charge in [-0.1, -0.05) is 0 Å². The fourth-order valence-electron chi connectivity index (χ4n) is 2.78. The average Bonchev–Trinajstić information content (AvgIpc) is 2.25. The Kier molecular flexibility index (Phi) is 4.35. The van der Waals surface area contributed by atoms with Crippen molar-refractivity contribution < 1.29 is 22.7 Å². The third kappa shape index (κ3) is 4.07. The third-order valence-electron chi connectivity index (χ3n) is 3.74. The second kappa shape index (κ2) is 5.66. The minimum Gasteiger partial charge on any atom is -0.446 e. The van der Waals surface area contributed by atoms with Crippen LogP contribution in [0.5, 0.6) is 0 Å². The molecule has 2 aliphatic rings. The highest BCUT2D eigenvalue weighted by molar-refractivity contribution is 5.66. The Balaban J connectivity index is 1.76. The predicted molar refractivity (Wildman–Crippen MR) is 62.4 cm³/mol. The van der Waals surface area contributed by atoms with Crippen LogP contribution in [0.15, 0.2) is 0 Å². The van der Waals surface area contributed by atoms with Crippen molar-refractivity contribution in [1.82, 2.24) is 9.80 Å². The van der Waals surface area contributed by atoms with Crippen LogP contribution in [-0.2, 0) is 9.53 Å². The molecular weight excluding hydrogens is 261 g/mol. The van der Waals surface area contributed by atoms with Crippen LogP contribution in [-0.4, -0.2) is 60.4 Å². The topological polar surface area (TPSA) is 32.8 Å². The fourth-order valence-corrected chi connectivity index (χ4v) is 2.78. The van der Waals surface area contributed by atoms with E-state index in [1.165, 1.54) is 11.8 Å². The zero-order valence-corrected chi connectivity index (χ0v) is 10.9. The van der Waals surface area contributed by atoms with Crippen molar-refractivity contribution in [3.63, 3.8) is 0 Å². The first-order valence-corrected chi connectivity index (χ1v) is 6.57. The number of carbonyl (C=O) groups is 1. The Labute approximate surface area is 110 Å². The van der Waals surface area contributed by atoms with Crippen molar-refractivity contribution in [2.24, 2.45) is 0 Å². The minimum atomic E-state index is -4.12. The van der Waals surface area contributed by atoms with Gasteiger partial charge in [0.25, 0.3) is 0 Å². The summed E-state index contributed by atoms with van der Waals surface area (Å²) in [7, 11) is 0. The van der Waals surface area contributed by atoms with E-state index in [2.05, 4.69) is 4.90 Å². The monoisotopic (exact) mass is 280 g/mol. The largest absolute Gasteiger partial charge is 0.446 e. The molecule has 0 bridgehead atoms. The first kappa shape index (κ1) is 14.6. The van der Waals surface area contributed by atoms with Gasteiger partial charge in [0.15, 0.2) is 6.23 Å². The van der Waals surface area contributed by atoms with Crippen LogP contribution in [0, 0.1) is 0 Å². The maximum Gasteiger partial charge on any atom is 0.401 e. The summed E-state index contributed by atoms with van der Waals surface area (Å²) in [5.74, 6) is -0.302. The first-order valence-electron chi connectivity index (χ1n) is 6.57. The highest BCUT2D eigenvalue weighted by Crippen LogP contribution is 2.28. The number of nitrogens with zero attached hydrogens (tertiary/aromatic N) is 2. The Morgan fingerprint density at radius 3 is 2.26 bits per heavy atom. The van der Waals surface area contributed by atoms with Gasteiger partial charge in [0.1, 0.15) is 0 Å². The number of esters is 1. The van der Waals surface area contributed by atoms with E-state index in [9.17, 15) is 18.0 Å². The quantitative estimate of drug-likeness (QED) is 0.735. The summed E-state index contributed by atoms with van der Waals surface area (Å²) in [4.78, 5) is 14.4. The summed E-state index contributed by atoms with van der Waals surface area (Å²) in [6.45, 7) is 2.32. The number of alkyl halides is 3. The van der Waals surface area contributed by atoms with Gasteiger partial charge in [0.05, 0.1) is 6.54 Å². The molecule has 110 valence electrons. The predicted octanol–water partition coefficient (Wildman–Crippen LogP) is 1.61. The van der Waals surface area contributed by atoms with E-state index in [1.807, 2.05) is 0 Å². The first-order chi connectivity index (χ1) is 8.85. The van der Waals surface area contributed by atoms with Crippen LogP contribution < -0.4 is 0 Å². The Morgan fingerprint density at radius 1 is 1.21 bits per heavy atom. The smallest absolute Gasteiger partial charge is 0.401 e. The van der Waals surface area contributed by atoms with E-state index in [4.69, 9.17) is 4.74 Å². The van der Waals surface area contributed by atoms with Crippen molar-refractivity contribution in [3.05, 3.63) is 0 Å². The van der Waals surface area contributed by atoms with E-state index in [-0.39, 0.29) is 18.2 Å². The molecule has 19 heavy (non-hydrogen) atoms. The number of piperidine rings is 1. The maximum absolute atomic E-state index is 12.3. The molecule has 0 saturated carbocycles. The van der Waals surface area contributed by atoms with Crippen LogP contribution in [0.3, 0.4) is 0 Å². The van der Waals surface area contributed by atoms with Gasteiger partial charge >= 0.3 is 12.1 Å². The van der Waals surface area contributed by atoms with Gasteiger partial charge in [-0.25, -0.2) is 0 Å². The molecule has 0 amide bonds. The molecule has 1 atom stereocenters. The van der Waals surface area contributed by atoms with E-state index in [1.54, 1.807) is 0 Å². The van der Waals surface area contributed by atoms with Gasteiger partial charge in [-0.15, -0.1) is 0 Å². The van der Waals surface area contributed by atoms with E-state index < -0.39 is 12.7 Å². The molecule has 2 heterocycles. The molecule has 2 aliphatic heterocycles. The standard InChI is InChI=1S/C12H19F3N2O2/c1-9(18)19-11-4-7-17(11)10-2-5-16(6-3-10)8-12(13,14)15/h10-11H,2-8H2,1H3. The molecule has 1 unspecified atom stereocenters. The molecule has 2 fully saturated rings. The van der Waals surface area contributed by atoms with Crippen LogP contribution in [0.4, 0.5) is 13.2 Å². The molecule has 0 spiro atoms. The summed E-state index contributed by atoms with van der Waals surface area (Å²) < 4.78 is 42.0. The number of carbonyl (C=O) groups excluding carboxylic acids is 1. The molecular formula is C12H19F3N2O2. The van der Waals surface area contributed by atoms with Gasteiger partial charge in [-0.3, -0.25) is 14.6 Å². The van der Waals surface area contributed by atoms with Crippen LogP contribution in [0.1, 0.15) is 26.2 Å². The number of rotatable bonds is 3. The van der Waals surface area contributed by atoms with Gasteiger partial charge in [0.2, 0.25) is 0 Å². The van der Waals surface area contributed by atoms with Crippen LogP contribution in [0.25, 0.3) is 0 Å². The lowest BCUT2D eigenvalue weighted by molar-refractivity contribution is -0.180. The molecule has 0 radical (unpaired) electrons. The normalized spacial score (nSPS) is 27.1. The van der Waals surface area contributed by atoms with Crippen molar-refractivity contribution in [2.45, 2.75) is 44.6 Å². The van der Waals surface area contributed by atoms with E-state index in [0.717, 1.165) is 13.0 Å². The molecule has 0 aromatic heterocycles. The zero-order valence-electron chi connectivity index (χ0n) is 10.9. The van der Waals surface area contributed by atoms with Crippen LogP contribution in [0.2, 0.25) is 0 Å². The number of hydrogen-bond donors (Lipinski definition) is 0. The van der Waals surface area contributed by atoms with Crippen molar-refractivity contribution in [1.29, 1.82) is 0 Å². The second-order valence-electron chi connectivity index (χ2n) is 5.21. The SMILES string of the molecule is CC(=O)OC1CCN1C1CCN(CC(F)(F)F)CC1. The number of hydrogen-bond acceptors (Lipinski definition) is 4. The van der Waals surface area contributed by atoms with Crippen molar-refractivity contribution >= 4 is 5.97 Å². The summed E-state index contributed by atoms with van der Waals surface area (Å²) in [5, 5.41) is 0. The number of ether oxygens (including phenoxy) is 1. The fraction of sp³-hybridized carbons (Fsp3) is 0.917. The minimum absolute atomic E-state index is 0.170. The molecule has 0 aromatic carbocycles. The molecule has 0 aromatic rings. The molecule has 2 rings (SSSR count). The molecule has 7 heteroatoms. The Morgan fingerprint density at radius 2 is 1.84 bits per heavy atom. The molecule has 0 N–H and O–H groups in total. The summed E-state index contributed by atoms with van der Waals surface area (Å²) in [5.41, 5.74) is 0. The van der Waals surface area contributed by atoms with Crippen LogP contribution >= 0.6 is 0 Å².